The molecule has 0 N–H and O–H groups in total. The highest BCUT2D eigenvalue weighted by molar-refractivity contribution is 5.56. The van der Waals surface area contributed by atoms with Gasteiger partial charge in [0.05, 0.1) is 13.7 Å². The highest BCUT2D eigenvalue weighted by atomic mass is 16.5. The fourth-order valence-corrected chi connectivity index (χ4v) is 3.86. The molecule has 134 valence electrons. The van der Waals surface area contributed by atoms with Crippen LogP contribution in [0.25, 0.3) is 11.4 Å². The van der Waals surface area contributed by atoms with Gasteiger partial charge in [-0.2, -0.15) is 4.98 Å². The molecule has 2 aliphatic carbocycles. The minimum absolute atomic E-state index is 0.641. The number of methoxy groups -OCH3 is 1. The average molecular weight is 341 g/mol. The summed E-state index contributed by atoms with van der Waals surface area (Å²) in [6.45, 7) is 1.96. The Morgan fingerprint density at radius 3 is 2.76 bits per heavy atom. The Morgan fingerprint density at radius 1 is 1.16 bits per heavy atom. The van der Waals surface area contributed by atoms with E-state index in [1.54, 1.807) is 7.11 Å². The van der Waals surface area contributed by atoms with E-state index in [1.807, 2.05) is 24.3 Å². The van der Waals surface area contributed by atoms with Crippen molar-refractivity contribution < 1.29 is 9.26 Å². The molecule has 0 unspecified atom stereocenters. The van der Waals surface area contributed by atoms with Crippen LogP contribution in [0.1, 0.15) is 50.8 Å². The first kappa shape index (κ1) is 16.6. The third-order valence-corrected chi connectivity index (χ3v) is 5.42. The van der Waals surface area contributed by atoms with Crippen molar-refractivity contribution in [1.82, 2.24) is 15.0 Å². The lowest BCUT2D eigenvalue weighted by atomic mass is 9.89. The summed E-state index contributed by atoms with van der Waals surface area (Å²) in [5.41, 5.74) is 0.930. The molecule has 0 aliphatic heterocycles. The van der Waals surface area contributed by atoms with Crippen molar-refractivity contribution in [1.29, 1.82) is 0 Å². The first-order valence-electron chi connectivity index (χ1n) is 9.53. The SMILES string of the molecule is COc1cccc(-c2noc(CN(CC3CCCCC3)C3CC3)n2)c1. The molecule has 4 rings (SSSR count). The second-order valence-electron chi connectivity index (χ2n) is 7.41. The maximum atomic E-state index is 5.55. The molecule has 0 atom stereocenters. The van der Waals surface area contributed by atoms with Crippen LogP contribution in [0, 0.1) is 5.92 Å². The van der Waals surface area contributed by atoms with Gasteiger partial charge in [0.25, 0.3) is 0 Å². The first-order valence-corrected chi connectivity index (χ1v) is 9.53. The molecule has 25 heavy (non-hydrogen) atoms. The van der Waals surface area contributed by atoms with E-state index < -0.39 is 0 Å². The van der Waals surface area contributed by atoms with Crippen LogP contribution in [-0.4, -0.2) is 34.7 Å². The molecular weight excluding hydrogens is 314 g/mol. The van der Waals surface area contributed by atoms with E-state index in [9.17, 15) is 0 Å². The lowest BCUT2D eigenvalue weighted by Crippen LogP contribution is -2.32. The van der Waals surface area contributed by atoms with Crippen molar-refractivity contribution in [2.45, 2.75) is 57.5 Å². The van der Waals surface area contributed by atoms with Gasteiger partial charge < -0.3 is 9.26 Å². The summed E-state index contributed by atoms with van der Waals surface area (Å²) >= 11 is 0. The number of ether oxygens (including phenoxy) is 1. The summed E-state index contributed by atoms with van der Waals surface area (Å²) in [7, 11) is 1.67. The minimum Gasteiger partial charge on any atom is -0.497 e. The Kier molecular flexibility index (Phi) is 5.02. The van der Waals surface area contributed by atoms with Crippen molar-refractivity contribution in [3.05, 3.63) is 30.2 Å². The van der Waals surface area contributed by atoms with Gasteiger partial charge in [0, 0.05) is 18.2 Å². The van der Waals surface area contributed by atoms with Gasteiger partial charge in [-0.05, 0) is 43.7 Å². The zero-order valence-corrected chi connectivity index (χ0v) is 15.0. The van der Waals surface area contributed by atoms with Crippen LogP contribution in [0.4, 0.5) is 0 Å². The molecule has 0 spiro atoms. The maximum Gasteiger partial charge on any atom is 0.241 e. The summed E-state index contributed by atoms with van der Waals surface area (Å²) in [6, 6.07) is 8.51. The number of rotatable bonds is 7. The Hall–Kier alpha value is -1.88. The van der Waals surface area contributed by atoms with Crippen LogP contribution in [-0.2, 0) is 6.54 Å². The summed E-state index contributed by atoms with van der Waals surface area (Å²) < 4.78 is 10.8. The van der Waals surface area contributed by atoms with E-state index in [-0.39, 0.29) is 0 Å². The molecule has 0 amide bonds. The normalized spacial score (nSPS) is 18.6. The summed E-state index contributed by atoms with van der Waals surface area (Å²) in [5, 5.41) is 4.17. The molecule has 2 fully saturated rings. The molecule has 5 heteroatoms. The monoisotopic (exact) mass is 341 g/mol. The summed E-state index contributed by atoms with van der Waals surface area (Å²) in [6.07, 6.45) is 9.57. The minimum atomic E-state index is 0.641. The van der Waals surface area contributed by atoms with Crippen LogP contribution in [0.5, 0.6) is 5.75 Å². The van der Waals surface area contributed by atoms with Crippen molar-refractivity contribution in [3.8, 4) is 17.1 Å². The molecule has 1 aromatic carbocycles. The largest absolute Gasteiger partial charge is 0.497 e. The topological polar surface area (TPSA) is 51.4 Å². The van der Waals surface area contributed by atoms with Gasteiger partial charge in [-0.25, -0.2) is 0 Å². The quantitative estimate of drug-likeness (QED) is 0.752. The van der Waals surface area contributed by atoms with Crippen LogP contribution in [0.15, 0.2) is 28.8 Å². The van der Waals surface area contributed by atoms with E-state index in [1.165, 1.54) is 51.5 Å². The number of benzene rings is 1. The molecule has 2 saturated carbocycles. The van der Waals surface area contributed by atoms with E-state index >= 15 is 0 Å². The van der Waals surface area contributed by atoms with Gasteiger partial charge in [-0.15, -0.1) is 0 Å². The van der Waals surface area contributed by atoms with Crippen LogP contribution in [0.3, 0.4) is 0 Å². The van der Waals surface area contributed by atoms with Gasteiger partial charge in [-0.3, -0.25) is 4.90 Å². The van der Waals surface area contributed by atoms with Crippen LogP contribution >= 0.6 is 0 Å². The molecule has 5 nitrogen and oxygen atoms in total. The predicted molar refractivity (Wildman–Crippen MR) is 96.3 cm³/mol. The van der Waals surface area contributed by atoms with Gasteiger partial charge in [0.15, 0.2) is 0 Å². The lowest BCUT2D eigenvalue weighted by molar-refractivity contribution is 0.166. The average Bonchev–Trinajstić information content (AvgIpc) is 3.41. The standard InChI is InChI=1S/C20H27N3O2/c1-24-18-9-5-8-16(12-18)20-21-19(25-22-20)14-23(17-10-11-17)13-15-6-3-2-4-7-15/h5,8-9,12,15,17H,2-4,6-7,10-11,13-14H2,1H3. The Labute approximate surface area is 149 Å². The molecule has 1 aromatic heterocycles. The van der Waals surface area contributed by atoms with Crippen LogP contribution in [0.2, 0.25) is 0 Å². The zero-order valence-electron chi connectivity index (χ0n) is 15.0. The third kappa shape index (κ3) is 4.21. The Bertz CT molecular complexity index is 690. The van der Waals surface area contributed by atoms with E-state index in [0.717, 1.165) is 29.7 Å². The molecule has 0 radical (unpaired) electrons. The lowest BCUT2D eigenvalue weighted by Gasteiger charge is -2.28. The highest BCUT2D eigenvalue weighted by Gasteiger charge is 2.32. The van der Waals surface area contributed by atoms with Crippen LogP contribution < -0.4 is 4.74 Å². The second-order valence-corrected chi connectivity index (χ2v) is 7.41. The predicted octanol–water partition coefficient (Wildman–Crippen LogP) is 4.29. The zero-order chi connectivity index (χ0) is 17.1. The molecule has 2 aromatic rings. The first-order chi connectivity index (χ1) is 12.3. The Morgan fingerprint density at radius 2 is 2.00 bits per heavy atom. The second kappa shape index (κ2) is 7.56. The molecule has 0 saturated heterocycles. The number of hydrogen-bond acceptors (Lipinski definition) is 5. The van der Waals surface area contributed by atoms with Gasteiger partial charge >= 0.3 is 0 Å². The van der Waals surface area contributed by atoms with Gasteiger partial charge in [0.1, 0.15) is 5.75 Å². The fraction of sp³-hybridized carbons (Fsp3) is 0.600. The number of aromatic nitrogens is 2. The molecular formula is C20H27N3O2. The number of hydrogen-bond donors (Lipinski definition) is 0. The van der Waals surface area contributed by atoms with Crippen molar-refractivity contribution in [3.63, 3.8) is 0 Å². The third-order valence-electron chi connectivity index (χ3n) is 5.42. The van der Waals surface area contributed by atoms with Gasteiger partial charge in [0.2, 0.25) is 11.7 Å². The molecule has 0 bridgehead atoms. The maximum absolute atomic E-state index is 5.55. The summed E-state index contributed by atoms with van der Waals surface area (Å²) in [4.78, 5) is 7.19. The van der Waals surface area contributed by atoms with E-state index in [2.05, 4.69) is 15.0 Å². The number of nitrogens with zero attached hydrogens (tertiary/aromatic N) is 3. The summed E-state index contributed by atoms with van der Waals surface area (Å²) in [5.74, 6) is 3.01. The molecule has 2 aliphatic rings. The highest BCUT2D eigenvalue weighted by Crippen LogP contribution is 2.32. The van der Waals surface area contributed by atoms with Gasteiger partial charge in [-0.1, -0.05) is 36.6 Å². The van der Waals surface area contributed by atoms with Crippen molar-refractivity contribution >= 4 is 0 Å². The fourth-order valence-electron chi connectivity index (χ4n) is 3.86. The van der Waals surface area contributed by atoms with Crippen molar-refractivity contribution in [2.75, 3.05) is 13.7 Å². The smallest absolute Gasteiger partial charge is 0.241 e. The van der Waals surface area contributed by atoms with E-state index in [4.69, 9.17) is 9.26 Å². The molecule has 1 heterocycles. The van der Waals surface area contributed by atoms with E-state index in [0.29, 0.717) is 11.9 Å². The Balaban J connectivity index is 1.43. The van der Waals surface area contributed by atoms with Crippen molar-refractivity contribution in [2.24, 2.45) is 5.92 Å².